The van der Waals surface area contributed by atoms with Crippen molar-refractivity contribution < 1.29 is 9.59 Å². The molecule has 0 bridgehead atoms. The molecule has 0 aromatic heterocycles. The van der Waals surface area contributed by atoms with Gasteiger partial charge in [-0.2, -0.15) is 0 Å². The average Bonchev–Trinajstić information content (AvgIpc) is 2.83. The fourth-order valence-electron chi connectivity index (χ4n) is 2.03. The van der Waals surface area contributed by atoms with Crippen LogP contribution >= 0.6 is 0 Å². The number of rotatable bonds is 6. The molecule has 1 saturated heterocycles. The van der Waals surface area contributed by atoms with E-state index in [0.29, 0.717) is 0 Å². The van der Waals surface area contributed by atoms with Gasteiger partial charge < -0.3 is 5.11 Å². The van der Waals surface area contributed by atoms with Gasteiger partial charge in [-0.3, -0.25) is 10.2 Å². The average molecular weight is 187 g/mol. The Hall–Kier alpha value is -0.120. The van der Waals surface area contributed by atoms with Gasteiger partial charge in [0.1, 0.15) is 13.1 Å². The molecule has 1 aliphatic heterocycles. The highest BCUT2D eigenvalue weighted by atomic mass is 16.3. The molecular formula is C10H23N2O+. The van der Waals surface area contributed by atoms with Crippen molar-refractivity contribution in [2.24, 2.45) is 5.73 Å². The summed E-state index contributed by atoms with van der Waals surface area (Å²) in [5.74, 6) is -0.952. The maximum atomic E-state index is 10.1. The minimum atomic E-state index is -0.952. The van der Waals surface area contributed by atoms with Crippen molar-refractivity contribution in [1.82, 2.24) is 0 Å². The molecule has 0 aliphatic carbocycles. The molecule has 1 fully saturated rings. The number of hydrogen-bond donors (Lipinski definition) is 2. The zero-order valence-electron chi connectivity index (χ0n) is 8.92. The van der Waals surface area contributed by atoms with Crippen LogP contribution in [0.1, 0.15) is 39.5 Å². The van der Waals surface area contributed by atoms with Gasteiger partial charge >= 0.3 is 0 Å². The lowest BCUT2D eigenvalue weighted by atomic mass is 10.1. The molecule has 0 spiro atoms. The Labute approximate surface area is 81.1 Å². The maximum Gasteiger partial charge on any atom is 0.258 e. The van der Waals surface area contributed by atoms with Crippen LogP contribution in [0.3, 0.4) is 0 Å². The van der Waals surface area contributed by atoms with E-state index in [1.54, 1.807) is 0 Å². The normalized spacial score (nSPS) is 24.0. The number of nitrogens with two attached hydrogens (primary N) is 1. The molecule has 1 heterocycles. The molecule has 0 aromatic rings. The van der Waals surface area contributed by atoms with Crippen molar-refractivity contribution >= 4 is 0 Å². The first-order valence-corrected chi connectivity index (χ1v) is 5.45. The second-order valence-corrected chi connectivity index (χ2v) is 4.30. The minimum absolute atomic E-state index is 0.740. The van der Waals surface area contributed by atoms with Gasteiger partial charge in [0.2, 0.25) is 0 Å². The molecule has 1 unspecified atom stereocenters. The molecule has 0 radical (unpaired) electrons. The van der Waals surface area contributed by atoms with Gasteiger partial charge in [-0.25, -0.2) is 0 Å². The molecular weight excluding hydrogens is 164 g/mol. The van der Waals surface area contributed by atoms with E-state index in [9.17, 15) is 5.11 Å². The zero-order valence-corrected chi connectivity index (χ0v) is 8.92. The lowest BCUT2D eigenvalue weighted by molar-refractivity contribution is -0.889. The largest absolute Gasteiger partial charge is 0.330 e. The van der Waals surface area contributed by atoms with E-state index in [0.717, 1.165) is 49.8 Å². The van der Waals surface area contributed by atoms with Gasteiger partial charge in [-0.05, 0) is 12.8 Å². The lowest BCUT2D eigenvalue weighted by Gasteiger charge is -2.33. The summed E-state index contributed by atoms with van der Waals surface area (Å²) in [4.78, 5) is 0. The van der Waals surface area contributed by atoms with Gasteiger partial charge in [0.05, 0.1) is 6.54 Å². The quantitative estimate of drug-likeness (QED) is 0.370. The molecule has 1 aliphatic rings. The molecule has 3 heteroatoms. The predicted molar refractivity (Wildman–Crippen MR) is 53.8 cm³/mol. The van der Waals surface area contributed by atoms with Crippen LogP contribution in [0.5, 0.6) is 0 Å². The molecule has 78 valence electrons. The third-order valence-corrected chi connectivity index (χ3v) is 3.13. The third-order valence-electron chi connectivity index (χ3n) is 3.13. The summed E-state index contributed by atoms with van der Waals surface area (Å²) in [6, 6.07) is 0. The summed E-state index contributed by atoms with van der Waals surface area (Å²) < 4.78 is 0.740. The number of aliphatic hydroxyl groups is 1. The Morgan fingerprint density at radius 1 is 1.31 bits per heavy atom. The van der Waals surface area contributed by atoms with Gasteiger partial charge in [0.25, 0.3) is 5.85 Å². The number of quaternary nitrogens is 1. The van der Waals surface area contributed by atoms with Crippen molar-refractivity contribution in [1.29, 1.82) is 0 Å². The summed E-state index contributed by atoms with van der Waals surface area (Å²) in [7, 11) is 0. The fraction of sp³-hybridized carbons (Fsp3) is 1.00. The monoisotopic (exact) mass is 187 g/mol. The first-order valence-electron chi connectivity index (χ1n) is 5.45. The summed E-state index contributed by atoms with van der Waals surface area (Å²) >= 11 is 0. The van der Waals surface area contributed by atoms with Crippen molar-refractivity contribution in [2.45, 2.75) is 45.4 Å². The Morgan fingerprint density at radius 3 is 2.31 bits per heavy atom. The van der Waals surface area contributed by atoms with E-state index in [1.165, 1.54) is 0 Å². The van der Waals surface area contributed by atoms with E-state index >= 15 is 0 Å². The smallest absolute Gasteiger partial charge is 0.258 e. The topological polar surface area (TPSA) is 46.2 Å². The molecule has 0 amide bonds. The number of hydrogen-bond acceptors (Lipinski definition) is 2. The highest BCUT2D eigenvalue weighted by molar-refractivity contribution is 4.69. The van der Waals surface area contributed by atoms with Crippen LogP contribution in [0.15, 0.2) is 0 Å². The van der Waals surface area contributed by atoms with Crippen molar-refractivity contribution in [3.63, 3.8) is 0 Å². The van der Waals surface area contributed by atoms with Gasteiger partial charge in [-0.1, -0.05) is 20.3 Å². The van der Waals surface area contributed by atoms with Crippen LogP contribution in [-0.4, -0.2) is 35.1 Å². The Kier molecular flexibility index (Phi) is 3.33. The Bertz CT molecular complexity index is 164. The predicted octanol–water partition coefficient (Wildman–Crippen LogP) is 1.02. The van der Waals surface area contributed by atoms with Gasteiger partial charge in [0, 0.05) is 6.42 Å². The van der Waals surface area contributed by atoms with Crippen molar-refractivity contribution in [2.75, 3.05) is 19.6 Å². The van der Waals surface area contributed by atoms with Crippen LogP contribution < -0.4 is 5.73 Å². The lowest BCUT2D eigenvalue weighted by Crippen LogP contribution is -2.59. The number of nitrogens with zero attached hydrogens (tertiary/aromatic N) is 1. The molecule has 0 aromatic carbocycles. The zero-order chi connectivity index (χ0) is 9.95. The van der Waals surface area contributed by atoms with Crippen LogP contribution in [0.4, 0.5) is 0 Å². The highest BCUT2D eigenvalue weighted by Crippen LogP contribution is 2.33. The highest BCUT2D eigenvalue weighted by Gasteiger charge is 2.55. The fourth-order valence-corrected chi connectivity index (χ4v) is 2.03. The second kappa shape index (κ2) is 3.95. The van der Waals surface area contributed by atoms with Crippen LogP contribution in [0, 0.1) is 0 Å². The SMILES string of the molecule is CCCCC(N)(O)[N+]1(CCC)CC1. The van der Waals surface area contributed by atoms with Crippen LogP contribution in [-0.2, 0) is 0 Å². The molecule has 1 rings (SSSR count). The molecule has 1 atom stereocenters. The van der Waals surface area contributed by atoms with E-state index in [-0.39, 0.29) is 0 Å². The van der Waals surface area contributed by atoms with Gasteiger partial charge in [-0.15, -0.1) is 0 Å². The van der Waals surface area contributed by atoms with Crippen LogP contribution in [0.2, 0.25) is 0 Å². The maximum absolute atomic E-state index is 10.1. The molecule has 0 saturated carbocycles. The van der Waals surface area contributed by atoms with Crippen molar-refractivity contribution in [3.8, 4) is 0 Å². The van der Waals surface area contributed by atoms with E-state index in [2.05, 4.69) is 13.8 Å². The van der Waals surface area contributed by atoms with E-state index in [1.807, 2.05) is 0 Å². The Balaban J connectivity index is 2.47. The second-order valence-electron chi connectivity index (χ2n) is 4.30. The molecule has 3 N–H and O–H groups in total. The van der Waals surface area contributed by atoms with Crippen molar-refractivity contribution in [3.05, 3.63) is 0 Å². The van der Waals surface area contributed by atoms with E-state index in [4.69, 9.17) is 5.73 Å². The summed E-state index contributed by atoms with van der Waals surface area (Å²) in [6.07, 6.45) is 3.97. The third kappa shape index (κ3) is 2.22. The minimum Gasteiger partial charge on any atom is -0.330 e. The van der Waals surface area contributed by atoms with E-state index < -0.39 is 5.85 Å². The summed E-state index contributed by atoms with van der Waals surface area (Å²) in [5, 5.41) is 10.1. The van der Waals surface area contributed by atoms with Gasteiger partial charge in [0.15, 0.2) is 0 Å². The molecule has 13 heavy (non-hydrogen) atoms. The Morgan fingerprint density at radius 2 is 1.92 bits per heavy atom. The first-order chi connectivity index (χ1) is 6.08. The summed E-state index contributed by atoms with van der Waals surface area (Å²) in [6.45, 7) is 7.42. The van der Waals surface area contributed by atoms with Crippen LogP contribution in [0.25, 0.3) is 0 Å². The number of unbranched alkanes of at least 4 members (excludes halogenated alkanes) is 1. The molecule has 3 nitrogen and oxygen atoms in total. The first kappa shape index (κ1) is 11.0. The standard InChI is InChI=1S/C10H23N2O/c1-3-5-6-10(11,13)12(7-4-2)8-9-12/h13H,3-9,11H2,1-2H3/q+1. The summed E-state index contributed by atoms with van der Waals surface area (Å²) in [5.41, 5.74) is 5.96.